The van der Waals surface area contributed by atoms with E-state index in [1.165, 1.54) is 6.92 Å². The third-order valence-electron chi connectivity index (χ3n) is 5.05. The molecule has 3 aromatic rings. The van der Waals surface area contributed by atoms with Gasteiger partial charge < -0.3 is 5.32 Å². The zero-order valence-corrected chi connectivity index (χ0v) is 16.6. The van der Waals surface area contributed by atoms with Gasteiger partial charge in [-0.05, 0) is 36.8 Å². The molecule has 1 aromatic heterocycles. The Morgan fingerprint density at radius 1 is 0.967 bits per heavy atom. The molecule has 30 heavy (non-hydrogen) atoms. The van der Waals surface area contributed by atoms with Crippen LogP contribution in [-0.2, 0) is 9.59 Å². The van der Waals surface area contributed by atoms with E-state index in [2.05, 4.69) is 15.4 Å². The number of benzene rings is 2. The highest BCUT2D eigenvalue weighted by Gasteiger charge is 2.35. The molecule has 0 saturated heterocycles. The van der Waals surface area contributed by atoms with Crippen molar-refractivity contribution in [2.75, 3.05) is 5.01 Å². The van der Waals surface area contributed by atoms with Crippen LogP contribution < -0.4 is 10.3 Å². The van der Waals surface area contributed by atoms with E-state index in [0.717, 1.165) is 16.9 Å². The van der Waals surface area contributed by atoms with Gasteiger partial charge in [0, 0.05) is 12.6 Å². The molecule has 1 aliphatic rings. The number of hydrogen-bond acceptors (Lipinski definition) is 5. The van der Waals surface area contributed by atoms with Crippen molar-refractivity contribution in [3.8, 4) is 0 Å². The Balaban J connectivity index is 1.62. The summed E-state index contributed by atoms with van der Waals surface area (Å²) in [6.07, 6.45) is 1.97. The van der Waals surface area contributed by atoms with Crippen molar-refractivity contribution in [1.29, 1.82) is 0 Å². The number of ketones is 1. The van der Waals surface area contributed by atoms with Gasteiger partial charge in [0.15, 0.2) is 5.78 Å². The lowest BCUT2D eigenvalue weighted by atomic mass is 10.0. The molecule has 2 heterocycles. The number of nitrogens with zero attached hydrogens (tertiary/aromatic N) is 3. The normalized spacial score (nSPS) is 16.6. The van der Waals surface area contributed by atoms with Gasteiger partial charge in [0.05, 0.1) is 17.4 Å². The molecule has 0 aliphatic carbocycles. The Kier molecular flexibility index (Phi) is 5.66. The first-order valence-corrected chi connectivity index (χ1v) is 9.82. The van der Waals surface area contributed by atoms with E-state index in [1.807, 2.05) is 78.9 Å². The van der Waals surface area contributed by atoms with E-state index in [1.54, 1.807) is 11.2 Å². The highest BCUT2D eigenvalue weighted by molar-refractivity contribution is 6.40. The number of aromatic nitrogens is 1. The average Bonchev–Trinajstić information content (AvgIpc) is 3.25. The molecule has 0 saturated carbocycles. The zero-order chi connectivity index (χ0) is 20.9. The Hall–Kier alpha value is -3.80. The van der Waals surface area contributed by atoms with E-state index >= 15 is 0 Å². The molecule has 150 valence electrons. The van der Waals surface area contributed by atoms with Gasteiger partial charge in [-0.25, -0.2) is 0 Å². The van der Waals surface area contributed by atoms with Gasteiger partial charge in [0.1, 0.15) is 11.8 Å². The summed E-state index contributed by atoms with van der Waals surface area (Å²) >= 11 is 0. The summed E-state index contributed by atoms with van der Waals surface area (Å²) < 4.78 is 0. The monoisotopic (exact) mass is 398 g/mol. The van der Waals surface area contributed by atoms with E-state index in [9.17, 15) is 9.59 Å². The minimum Gasteiger partial charge on any atom is -0.338 e. The van der Waals surface area contributed by atoms with Gasteiger partial charge in [0.2, 0.25) is 0 Å². The molecule has 1 amide bonds. The molecule has 0 bridgehead atoms. The Bertz CT molecular complexity index is 1010. The van der Waals surface area contributed by atoms with Crippen molar-refractivity contribution in [3.05, 3.63) is 96.3 Å². The lowest BCUT2D eigenvalue weighted by Crippen LogP contribution is -2.36. The largest absolute Gasteiger partial charge is 0.338 e. The first-order valence-electron chi connectivity index (χ1n) is 9.82. The Morgan fingerprint density at radius 2 is 1.63 bits per heavy atom. The molecule has 1 N–H and O–H groups in total. The van der Waals surface area contributed by atoms with Crippen molar-refractivity contribution in [1.82, 2.24) is 10.3 Å². The Labute approximate surface area is 175 Å². The van der Waals surface area contributed by atoms with Crippen LogP contribution in [-0.4, -0.2) is 28.4 Å². The predicted octanol–water partition coefficient (Wildman–Crippen LogP) is 3.51. The van der Waals surface area contributed by atoms with Crippen LogP contribution in [0.4, 0.5) is 5.69 Å². The fourth-order valence-electron chi connectivity index (χ4n) is 3.52. The number of carbonyl (C=O) groups is 2. The molecule has 1 aliphatic heterocycles. The van der Waals surface area contributed by atoms with Crippen LogP contribution in [0.3, 0.4) is 0 Å². The molecule has 4 rings (SSSR count). The smallest absolute Gasteiger partial charge is 0.268 e. The highest BCUT2D eigenvalue weighted by atomic mass is 16.2. The van der Waals surface area contributed by atoms with Crippen LogP contribution in [0.1, 0.15) is 30.6 Å². The van der Waals surface area contributed by atoms with E-state index in [4.69, 9.17) is 0 Å². The fraction of sp³-hybridized carbons (Fsp3) is 0.167. The minimum absolute atomic E-state index is 0.0326. The minimum atomic E-state index is -0.488. The molecule has 6 heteroatoms. The fourth-order valence-corrected chi connectivity index (χ4v) is 3.52. The number of hydrogen-bond donors (Lipinski definition) is 1. The summed E-state index contributed by atoms with van der Waals surface area (Å²) in [6.45, 7) is 1.53. The van der Waals surface area contributed by atoms with Gasteiger partial charge >= 0.3 is 0 Å². The SMILES string of the molecule is CC(=O)C1CC(C(=O)NC(c2ccccc2)c2ccccn2)=NN1c1ccccc1. The number of carbonyl (C=O) groups excluding carboxylic acids is 2. The summed E-state index contributed by atoms with van der Waals surface area (Å²) in [5.74, 6) is -0.339. The summed E-state index contributed by atoms with van der Waals surface area (Å²) in [5.41, 5.74) is 2.77. The summed E-state index contributed by atoms with van der Waals surface area (Å²) in [7, 11) is 0. The quantitative estimate of drug-likeness (QED) is 0.690. The van der Waals surface area contributed by atoms with Crippen LogP contribution in [0.5, 0.6) is 0 Å². The second kappa shape index (κ2) is 8.69. The van der Waals surface area contributed by atoms with E-state index in [0.29, 0.717) is 5.71 Å². The summed E-state index contributed by atoms with van der Waals surface area (Å²) in [6, 6.07) is 23.8. The van der Waals surface area contributed by atoms with Crippen LogP contribution >= 0.6 is 0 Å². The first kappa shape index (κ1) is 19.5. The van der Waals surface area contributed by atoms with Crippen molar-refractivity contribution >= 4 is 23.1 Å². The number of Topliss-reactive ketones (excluding diaryl/α,β-unsaturated/α-hetero) is 1. The number of nitrogens with one attached hydrogen (secondary N) is 1. The topological polar surface area (TPSA) is 74.7 Å². The summed E-state index contributed by atoms with van der Waals surface area (Å²) in [4.78, 5) is 29.8. The van der Waals surface area contributed by atoms with Gasteiger partial charge in [-0.3, -0.25) is 19.6 Å². The lowest BCUT2D eigenvalue weighted by Gasteiger charge is -2.20. The van der Waals surface area contributed by atoms with Gasteiger partial charge in [-0.1, -0.05) is 54.6 Å². The number of rotatable bonds is 6. The third kappa shape index (κ3) is 4.12. The lowest BCUT2D eigenvalue weighted by molar-refractivity contribution is -0.118. The molecule has 2 unspecified atom stereocenters. The van der Waals surface area contributed by atoms with Crippen LogP contribution in [0.2, 0.25) is 0 Å². The van der Waals surface area contributed by atoms with Crippen molar-refractivity contribution in [2.24, 2.45) is 5.10 Å². The van der Waals surface area contributed by atoms with Crippen molar-refractivity contribution in [2.45, 2.75) is 25.4 Å². The second-order valence-electron chi connectivity index (χ2n) is 7.13. The second-order valence-corrected chi connectivity index (χ2v) is 7.13. The maximum absolute atomic E-state index is 13.1. The molecule has 0 radical (unpaired) electrons. The van der Waals surface area contributed by atoms with Crippen LogP contribution in [0, 0.1) is 0 Å². The Morgan fingerprint density at radius 3 is 2.27 bits per heavy atom. The van der Waals surface area contributed by atoms with Crippen molar-refractivity contribution in [3.63, 3.8) is 0 Å². The van der Waals surface area contributed by atoms with Gasteiger partial charge in [-0.15, -0.1) is 0 Å². The standard InChI is InChI=1S/C24H22N4O2/c1-17(29)22-16-21(27-28(22)19-12-6-3-7-13-19)24(30)26-23(18-10-4-2-5-11-18)20-14-8-9-15-25-20/h2-15,22-23H,16H2,1H3,(H,26,30). The molecule has 0 fully saturated rings. The first-order chi connectivity index (χ1) is 14.6. The number of anilines is 1. The third-order valence-corrected chi connectivity index (χ3v) is 5.05. The molecular formula is C24H22N4O2. The van der Waals surface area contributed by atoms with Crippen molar-refractivity contribution < 1.29 is 9.59 Å². The molecule has 6 nitrogen and oxygen atoms in total. The zero-order valence-electron chi connectivity index (χ0n) is 16.6. The van der Waals surface area contributed by atoms with Gasteiger partial charge in [-0.2, -0.15) is 5.10 Å². The molecular weight excluding hydrogens is 376 g/mol. The molecule has 2 atom stereocenters. The summed E-state index contributed by atoms with van der Waals surface area (Å²) in [5, 5.41) is 9.19. The number of para-hydroxylation sites is 1. The van der Waals surface area contributed by atoms with E-state index < -0.39 is 12.1 Å². The average molecular weight is 398 g/mol. The number of amides is 1. The number of pyridine rings is 1. The maximum atomic E-state index is 13.1. The van der Waals surface area contributed by atoms with Gasteiger partial charge in [0.25, 0.3) is 5.91 Å². The van der Waals surface area contributed by atoms with E-state index in [-0.39, 0.29) is 18.1 Å². The highest BCUT2D eigenvalue weighted by Crippen LogP contribution is 2.26. The maximum Gasteiger partial charge on any atom is 0.268 e. The van der Waals surface area contributed by atoms with Crippen LogP contribution in [0.25, 0.3) is 0 Å². The predicted molar refractivity (Wildman–Crippen MR) is 116 cm³/mol. The number of hydrazone groups is 1. The molecule has 2 aromatic carbocycles. The molecule has 0 spiro atoms. The van der Waals surface area contributed by atoms with Crippen LogP contribution in [0.15, 0.2) is 90.2 Å².